The van der Waals surface area contributed by atoms with E-state index >= 15 is 0 Å². The number of carbonyl (C=O) groups is 1. The van der Waals surface area contributed by atoms with Gasteiger partial charge < -0.3 is 5.32 Å². The number of para-hydroxylation sites is 1. The first-order valence-electron chi connectivity index (χ1n) is 6.05. The fourth-order valence-corrected chi connectivity index (χ4v) is 2.04. The van der Waals surface area contributed by atoms with Crippen molar-refractivity contribution in [1.29, 1.82) is 0 Å². The fourth-order valence-electron chi connectivity index (χ4n) is 2.04. The van der Waals surface area contributed by atoms with Crippen LogP contribution in [0.15, 0.2) is 30.3 Å². The van der Waals surface area contributed by atoms with E-state index in [1.54, 1.807) is 4.68 Å². The van der Waals surface area contributed by atoms with Gasteiger partial charge in [0.05, 0.1) is 22.6 Å². The Morgan fingerprint density at radius 1 is 1.28 bits per heavy atom. The van der Waals surface area contributed by atoms with Crippen molar-refractivity contribution in [1.82, 2.24) is 15.1 Å². The van der Waals surface area contributed by atoms with Gasteiger partial charge in [-0.3, -0.25) is 4.79 Å². The van der Waals surface area contributed by atoms with Gasteiger partial charge in [0.1, 0.15) is 0 Å². The molecule has 0 aliphatic heterocycles. The van der Waals surface area contributed by atoms with Gasteiger partial charge in [-0.25, -0.2) is 4.68 Å². The van der Waals surface area contributed by atoms with Crippen LogP contribution in [0.1, 0.15) is 28.7 Å². The standard InChI is InChI=1S/C14H17N3O/c1-4-15-14(18)13-10(2)16-17(11(13)3)12-8-6-5-7-9-12/h5-9H,4H2,1-3H3,(H,15,18). The van der Waals surface area contributed by atoms with E-state index < -0.39 is 0 Å². The van der Waals surface area contributed by atoms with Crippen molar-refractivity contribution >= 4 is 5.91 Å². The van der Waals surface area contributed by atoms with Crippen molar-refractivity contribution in [2.45, 2.75) is 20.8 Å². The first-order chi connectivity index (χ1) is 8.65. The molecule has 0 aliphatic carbocycles. The van der Waals surface area contributed by atoms with Gasteiger partial charge >= 0.3 is 0 Å². The molecule has 0 atom stereocenters. The third-order valence-corrected chi connectivity index (χ3v) is 2.86. The molecule has 0 radical (unpaired) electrons. The number of nitrogens with zero attached hydrogens (tertiary/aromatic N) is 2. The maximum atomic E-state index is 12.0. The average Bonchev–Trinajstić information content (AvgIpc) is 2.66. The second kappa shape index (κ2) is 5.04. The van der Waals surface area contributed by atoms with Gasteiger partial charge in [-0.2, -0.15) is 5.10 Å². The molecule has 94 valence electrons. The van der Waals surface area contributed by atoms with Crippen LogP contribution >= 0.6 is 0 Å². The van der Waals surface area contributed by atoms with E-state index in [4.69, 9.17) is 0 Å². The predicted octanol–water partition coefficient (Wildman–Crippen LogP) is 2.24. The van der Waals surface area contributed by atoms with Gasteiger partial charge in [-0.15, -0.1) is 0 Å². The molecule has 1 heterocycles. The second-order valence-corrected chi connectivity index (χ2v) is 4.15. The van der Waals surface area contributed by atoms with E-state index in [2.05, 4.69) is 10.4 Å². The van der Waals surface area contributed by atoms with Crippen LogP contribution in [0.2, 0.25) is 0 Å². The molecule has 1 amide bonds. The molecule has 1 aromatic heterocycles. The van der Waals surface area contributed by atoms with Crippen LogP contribution in [0.5, 0.6) is 0 Å². The Kier molecular flexibility index (Phi) is 3.46. The minimum atomic E-state index is -0.0605. The van der Waals surface area contributed by atoms with Crippen molar-refractivity contribution in [3.63, 3.8) is 0 Å². The lowest BCUT2D eigenvalue weighted by Gasteiger charge is -2.05. The normalized spacial score (nSPS) is 10.4. The summed E-state index contributed by atoms with van der Waals surface area (Å²) in [6.07, 6.45) is 0. The van der Waals surface area contributed by atoms with E-state index in [1.807, 2.05) is 51.1 Å². The Balaban J connectivity index is 2.47. The van der Waals surface area contributed by atoms with Gasteiger partial charge in [0, 0.05) is 6.54 Å². The van der Waals surface area contributed by atoms with E-state index in [0.717, 1.165) is 17.1 Å². The highest BCUT2D eigenvalue weighted by atomic mass is 16.1. The molecule has 0 unspecified atom stereocenters. The van der Waals surface area contributed by atoms with E-state index in [-0.39, 0.29) is 5.91 Å². The van der Waals surface area contributed by atoms with Gasteiger partial charge in [0.25, 0.3) is 5.91 Å². The predicted molar refractivity (Wildman–Crippen MR) is 71.0 cm³/mol. The molecular weight excluding hydrogens is 226 g/mol. The van der Waals surface area contributed by atoms with Crippen molar-refractivity contribution < 1.29 is 4.79 Å². The van der Waals surface area contributed by atoms with Crippen LogP contribution in [0, 0.1) is 13.8 Å². The van der Waals surface area contributed by atoms with Crippen LogP contribution in [-0.4, -0.2) is 22.2 Å². The number of aromatic nitrogens is 2. The van der Waals surface area contributed by atoms with Crippen LogP contribution in [0.3, 0.4) is 0 Å². The van der Waals surface area contributed by atoms with E-state index in [0.29, 0.717) is 12.1 Å². The Bertz CT molecular complexity index is 558. The molecule has 0 fully saturated rings. The molecule has 0 saturated carbocycles. The van der Waals surface area contributed by atoms with E-state index in [1.165, 1.54) is 0 Å². The molecule has 4 nitrogen and oxygen atoms in total. The van der Waals surface area contributed by atoms with Crippen LogP contribution in [-0.2, 0) is 0 Å². The van der Waals surface area contributed by atoms with Crippen molar-refractivity contribution in [2.24, 2.45) is 0 Å². The summed E-state index contributed by atoms with van der Waals surface area (Å²) in [4.78, 5) is 12.0. The van der Waals surface area contributed by atoms with Gasteiger partial charge in [-0.1, -0.05) is 18.2 Å². The monoisotopic (exact) mass is 243 g/mol. The number of hydrogen-bond donors (Lipinski definition) is 1. The highest BCUT2D eigenvalue weighted by molar-refractivity contribution is 5.96. The Hall–Kier alpha value is -2.10. The summed E-state index contributed by atoms with van der Waals surface area (Å²) in [5, 5.41) is 7.26. The summed E-state index contributed by atoms with van der Waals surface area (Å²) in [5.74, 6) is -0.0605. The molecule has 2 aromatic rings. The van der Waals surface area contributed by atoms with Crippen LogP contribution < -0.4 is 5.32 Å². The summed E-state index contributed by atoms with van der Waals surface area (Å²) in [6, 6.07) is 9.82. The lowest BCUT2D eigenvalue weighted by molar-refractivity contribution is 0.0954. The lowest BCUT2D eigenvalue weighted by atomic mass is 10.2. The molecule has 0 spiro atoms. The third kappa shape index (κ3) is 2.14. The van der Waals surface area contributed by atoms with Crippen molar-refractivity contribution in [3.8, 4) is 5.69 Å². The largest absolute Gasteiger partial charge is 0.352 e. The van der Waals surface area contributed by atoms with Gasteiger partial charge in [0.15, 0.2) is 0 Å². The third-order valence-electron chi connectivity index (χ3n) is 2.86. The Morgan fingerprint density at radius 2 is 1.94 bits per heavy atom. The molecular formula is C14H17N3O. The molecule has 4 heteroatoms. The number of nitrogens with one attached hydrogen (secondary N) is 1. The Labute approximate surface area is 107 Å². The zero-order valence-corrected chi connectivity index (χ0v) is 10.9. The molecule has 0 bridgehead atoms. The average molecular weight is 243 g/mol. The minimum absolute atomic E-state index is 0.0605. The summed E-state index contributed by atoms with van der Waals surface area (Å²) < 4.78 is 1.81. The van der Waals surface area contributed by atoms with Crippen molar-refractivity contribution in [2.75, 3.05) is 6.54 Å². The minimum Gasteiger partial charge on any atom is -0.352 e. The molecule has 1 N–H and O–H groups in total. The lowest BCUT2D eigenvalue weighted by Crippen LogP contribution is -2.23. The van der Waals surface area contributed by atoms with E-state index in [9.17, 15) is 4.79 Å². The SMILES string of the molecule is CCNC(=O)c1c(C)nn(-c2ccccc2)c1C. The first-order valence-corrected chi connectivity index (χ1v) is 6.05. The molecule has 18 heavy (non-hydrogen) atoms. The van der Waals surface area contributed by atoms with Crippen LogP contribution in [0.4, 0.5) is 0 Å². The number of rotatable bonds is 3. The maximum absolute atomic E-state index is 12.0. The first kappa shape index (κ1) is 12.4. The number of hydrogen-bond acceptors (Lipinski definition) is 2. The smallest absolute Gasteiger partial charge is 0.255 e. The highest BCUT2D eigenvalue weighted by Crippen LogP contribution is 2.17. The number of aryl methyl sites for hydroxylation is 1. The number of benzene rings is 1. The molecule has 0 saturated heterocycles. The zero-order chi connectivity index (χ0) is 13.1. The fraction of sp³-hybridized carbons (Fsp3) is 0.286. The quantitative estimate of drug-likeness (QED) is 0.898. The topological polar surface area (TPSA) is 46.9 Å². The van der Waals surface area contributed by atoms with Gasteiger partial charge in [-0.05, 0) is 32.9 Å². The molecule has 0 aliphatic rings. The van der Waals surface area contributed by atoms with Crippen LogP contribution in [0.25, 0.3) is 5.69 Å². The number of amides is 1. The molecule has 2 rings (SSSR count). The summed E-state index contributed by atoms with van der Waals surface area (Å²) in [6.45, 7) is 6.30. The highest BCUT2D eigenvalue weighted by Gasteiger charge is 2.18. The van der Waals surface area contributed by atoms with Gasteiger partial charge in [0.2, 0.25) is 0 Å². The number of carbonyl (C=O) groups excluding carboxylic acids is 1. The van der Waals surface area contributed by atoms with Crippen molar-refractivity contribution in [3.05, 3.63) is 47.3 Å². The second-order valence-electron chi connectivity index (χ2n) is 4.15. The summed E-state index contributed by atoms with van der Waals surface area (Å²) >= 11 is 0. The summed E-state index contributed by atoms with van der Waals surface area (Å²) in [7, 11) is 0. The molecule has 1 aromatic carbocycles. The zero-order valence-electron chi connectivity index (χ0n) is 10.9. The summed E-state index contributed by atoms with van der Waals surface area (Å²) in [5.41, 5.74) is 3.25. The Morgan fingerprint density at radius 3 is 2.56 bits per heavy atom. The maximum Gasteiger partial charge on any atom is 0.255 e.